The Bertz CT molecular complexity index is 1150. The molecule has 6 nitrogen and oxygen atoms in total. The summed E-state index contributed by atoms with van der Waals surface area (Å²) in [4.78, 5) is 4.55. The lowest BCUT2D eigenvalue weighted by Crippen LogP contribution is -2.48. The quantitative estimate of drug-likeness (QED) is 0.412. The molecule has 0 bridgehead atoms. The summed E-state index contributed by atoms with van der Waals surface area (Å²) in [6, 6.07) is 23.0. The summed E-state index contributed by atoms with van der Waals surface area (Å²) in [5.41, 5.74) is 3.61. The van der Waals surface area contributed by atoms with Gasteiger partial charge in [-0.3, -0.25) is 4.90 Å². The van der Waals surface area contributed by atoms with Gasteiger partial charge in [0.25, 0.3) is 0 Å². The average molecular weight is 446 g/mol. The van der Waals surface area contributed by atoms with Gasteiger partial charge in [-0.1, -0.05) is 30.3 Å². The maximum absolute atomic E-state index is 14.0. The molecule has 2 aromatic heterocycles. The largest absolute Gasteiger partial charge is 0.463 e. The fourth-order valence-electron chi connectivity index (χ4n) is 4.26. The number of aromatic nitrogens is 2. The van der Waals surface area contributed by atoms with E-state index in [4.69, 9.17) is 9.52 Å². The second kappa shape index (κ2) is 10.0. The molecular formula is C26H28FN5O. The minimum Gasteiger partial charge on any atom is -0.463 e. The van der Waals surface area contributed by atoms with Gasteiger partial charge in [0, 0.05) is 45.8 Å². The van der Waals surface area contributed by atoms with Crippen LogP contribution in [-0.4, -0.2) is 53.9 Å². The molecular weight excluding hydrogens is 417 g/mol. The van der Waals surface area contributed by atoms with Gasteiger partial charge in [0.05, 0.1) is 23.3 Å². The van der Waals surface area contributed by atoms with Crippen molar-refractivity contribution < 1.29 is 8.81 Å². The lowest BCUT2D eigenvalue weighted by atomic mass is 10.2. The van der Waals surface area contributed by atoms with Crippen molar-refractivity contribution in [3.8, 4) is 17.1 Å². The van der Waals surface area contributed by atoms with E-state index in [-0.39, 0.29) is 5.82 Å². The van der Waals surface area contributed by atoms with E-state index in [9.17, 15) is 4.39 Å². The fourth-order valence-corrected chi connectivity index (χ4v) is 4.26. The van der Waals surface area contributed by atoms with E-state index in [0.717, 1.165) is 62.1 Å². The molecule has 33 heavy (non-hydrogen) atoms. The van der Waals surface area contributed by atoms with Crippen LogP contribution >= 0.6 is 0 Å². The molecule has 0 saturated carbocycles. The maximum Gasteiger partial charge on any atom is 0.152 e. The highest BCUT2D eigenvalue weighted by molar-refractivity contribution is 5.57. The number of hydrogen-bond donors (Lipinski definition) is 1. The van der Waals surface area contributed by atoms with E-state index in [0.29, 0.717) is 12.2 Å². The SMILES string of the molecule is Fc1ccccc1N1CCN(CCNCc2cc(-c3ccco3)n(-c3ccccc3)n2)CC1. The second-order valence-corrected chi connectivity index (χ2v) is 8.20. The minimum atomic E-state index is -0.142. The van der Waals surface area contributed by atoms with Gasteiger partial charge in [0.1, 0.15) is 11.5 Å². The summed E-state index contributed by atoms with van der Waals surface area (Å²) in [6.45, 7) is 6.05. The maximum atomic E-state index is 14.0. The summed E-state index contributed by atoms with van der Waals surface area (Å²) in [7, 11) is 0. The van der Waals surface area contributed by atoms with Gasteiger partial charge >= 0.3 is 0 Å². The van der Waals surface area contributed by atoms with E-state index < -0.39 is 0 Å². The molecule has 5 rings (SSSR count). The molecule has 1 fully saturated rings. The van der Waals surface area contributed by atoms with Crippen LogP contribution in [-0.2, 0) is 6.54 Å². The topological polar surface area (TPSA) is 49.5 Å². The number of anilines is 1. The number of rotatable bonds is 8. The standard InChI is InChI=1S/C26H28FN5O/c27-23-9-4-5-10-24(23)31-16-14-30(15-17-31)13-12-28-20-21-19-25(26-11-6-18-33-26)32(29-21)22-7-2-1-3-8-22/h1-11,18-19,28H,12-17,20H2. The number of benzene rings is 2. The van der Waals surface area contributed by atoms with Crippen molar-refractivity contribution in [2.45, 2.75) is 6.54 Å². The van der Waals surface area contributed by atoms with Crippen molar-refractivity contribution >= 4 is 5.69 Å². The first-order chi connectivity index (χ1) is 16.3. The molecule has 1 aliphatic heterocycles. The molecule has 0 spiro atoms. The van der Waals surface area contributed by atoms with Gasteiger partial charge in [0.15, 0.2) is 5.76 Å². The van der Waals surface area contributed by atoms with E-state index in [1.807, 2.05) is 59.3 Å². The number of halogens is 1. The lowest BCUT2D eigenvalue weighted by Gasteiger charge is -2.36. The third-order valence-corrected chi connectivity index (χ3v) is 6.01. The highest BCUT2D eigenvalue weighted by Crippen LogP contribution is 2.24. The number of piperazine rings is 1. The third-order valence-electron chi connectivity index (χ3n) is 6.01. The van der Waals surface area contributed by atoms with Crippen LogP contribution in [0.2, 0.25) is 0 Å². The van der Waals surface area contributed by atoms with E-state index in [1.54, 1.807) is 12.3 Å². The van der Waals surface area contributed by atoms with E-state index >= 15 is 0 Å². The van der Waals surface area contributed by atoms with Gasteiger partial charge < -0.3 is 14.6 Å². The molecule has 170 valence electrons. The number of furan rings is 1. The number of nitrogens with one attached hydrogen (secondary N) is 1. The smallest absolute Gasteiger partial charge is 0.152 e. The van der Waals surface area contributed by atoms with Gasteiger partial charge in [-0.25, -0.2) is 9.07 Å². The van der Waals surface area contributed by atoms with Gasteiger partial charge in [-0.2, -0.15) is 5.10 Å². The van der Waals surface area contributed by atoms with Crippen molar-refractivity contribution in [2.24, 2.45) is 0 Å². The third kappa shape index (κ3) is 4.99. The molecule has 0 radical (unpaired) electrons. The summed E-state index contributed by atoms with van der Waals surface area (Å²) < 4.78 is 21.6. The predicted octanol–water partition coefficient (Wildman–Crippen LogP) is 4.18. The van der Waals surface area contributed by atoms with Crippen LogP contribution in [0.25, 0.3) is 17.1 Å². The first-order valence-corrected chi connectivity index (χ1v) is 11.4. The molecule has 0 amide bonds. The van der Waals surface area contributed by atoms with Crippen LogP contribution in [0.15, 0.2) is 83.5 Å². The zero-order valence-corrected chi connectivity index (χ0v) is 18.5. The zero-order chi connectivity index (χ0) is 22.5. The molecule has 3 heterocycles. The molecule has 1 aliphatic rings. The first-order valence-electron chi connectivity index (χ1n) is 11.4. The molecule has 4 aromatic rings. The zero-order valence-electron chi connectivity index (χ0n) is 18.5. The van der Waals surface area contributed by atoms with E-state index in [1.165, 1.54) is 6.07 Å². The molecule has 0 unspecified atom stereocenters. The van der Waals surface area contributed by atoms with Crippen LogP contribution in [0.3, 0.4) is 0 Å². The Morgan fingerprint density at radius 1 is 0.909 bits per heavy atom. The second-order valence-electron chi connectivity index (χ2n) is 8.20. The molecule has 7 heteroatoms. The summed E-state index contributed by atoms with van der Waals surface area (Å²) in [5.74, 6) is 0.654. The number of para-hydroxylation sites is 2. The minimum absolute atomic E-state index is 0.142. The molecule has 0 aliphatic carbocycles. The van der Waals surface area contributed by atoms with Gasteiger partial charge in [-0.05, 0) is 42.5 Å². The molecule has 0 atom stereocenters. The Hall–Kier alpha value is -3.42. The Labute approximate surface area is 193 Å². The summed E-state index contributed by atoms with van der Waals surface area (Å²) in [6.07, 6.45) is 1.68. The van der Waals surface area contributed by atoms with Gasteiger partial charge in [-0.15, -0.1) is 0 Å². The van der Waals surface area contributed by atoms with Crippen molar-refractivity contribution in [1.29, 1.82) is 0 Å². The highest BCUT2D eigenvalue weighted by atomic mass is 19.1. The summed E-state index contributed by atoms with van der Waals surface area (Å²) in [5, 5.41) is 8.33. The Morgan fingerprint density at radius 2 is 1.70 bits per heavy atom. The van der Waals surface area contributed by atoms with Crippen molar-refractivity contribution in [2.75, 3.05) is 44.2 Å². The Kier molecular flexibility index (Phi) is 6.51. The Balaban J connectivity index is 1.14. The fraction of sp³-hybridized carbons (Fsp3) is 0.269. The van der Waals surface area contributed by atoms with Crippen LogP contribution < -0.4 is 10.2 Å². The lowest BCUT2D eigenvalue weighted by molar-refractivity contribution is 0.256. The normalized spacial score (nSPS) is 14.6. The van der Waals surface area contributed by atoms with Gasteiger partial charge in [0.2, 0.25) is 0 Å². The van der Waals surface area contributed by atoms with Crippen molar-refractivity contribution in [3.63, 3.8) is 0 Å². The average Bonchev–Trinajstić information content (AvgIpc) is 3.53. The van der Waals surface area contributed by atoms with Crippen LogP contribution in [0, 0.1) is 5.82 Å². The van der Waals surface area contributed by atoms with Crippen LogP contribution in [0.5, 0.6) is 0 Å². The van der Waals surface area contributed by atoms with E-state index in [2.05, 4.69) is 21.2 Å². The van der Waals surface area contributed by atoms with Crippen molar-refractivity contribution in [1.82, 2.24) is 20.0 Å². The summed E-state index contributed by atoms with van der Waals surface area (Å²) >= 11 is 0. The number of nitrogens with zero attached hydrogens (tertiary/aromatic N) is 4. The van der Waals surface area contributed by atoms with Crippen molar-refractivity contribution in [3.05, 3.63) is 90.6 Å². The Morgan fingerprint density at radius 3 is 2.45 bits per heavy atom. The highest BCUT2D eigenvalue weighted by Gasteiger charge is 2.19. The van der Waals surface area contributed by atoms with Crippen LogP contribution in [0.4, 0.5) is 10.1 Å². The monoisotopic (exact) mass is 445 g/mol. The predicted molar refractivity (Wildman–Crippen MR) is 128 cm³/mol. The molecule has 2 aromatic carbocycles. The van der Waals surface area contributed by atoms with Crippen LogP contribution in [0.1, 0.15) is 5.69 Å². The molecule has 1 N–H and O–H groups in total. The molecule has 1 saturated heterocycles. The number of hydrogen-bond acceptors (Lipinski definition) is 5. The first kappa shape index (κ1) is 21.4.